The van der Waals surface area contributed by atoms with Crippen molar-refractivity contribution in [3.63, 3.8) is 0 Å². The molecule has 2 saturated carbocycles. The highest BCUT2D eigenvalue weighted by Crippen LogP contribution is 2.56. The molecule has 1 atom stereocenters. The summed E-state index contributed by atoms with van der Waals surface area (Å²) in [5.74, 6) is 0.801. The van der Waals surface area contributed by atoms with Gasteiger partial charge in [0, 0.05) is 82.2 Å². The third kappa shape index (κ3) is 7.08. The first-order chi connectivity index (χ1) is 26.0. The second-order valence-electron chi connectivity index (χ2n) is 15.8. The van der Waals surface area contributed by atoms with Crippen LogP contribution in [0.15, 0.2) is 36.4 Å². The molecule has 4 heterocycles. The van der Waals surface area contributed by atoms with Gasteiger partial charge in [-0.3, -0.25) is 19.4 Å². The minimum atomic E-state index is -0.832. The van der Waals surface area contributed by atoms with Gasteiger partial charge in [-0.15, -0.1) is 0 Å². The van der Waals surface area contributed by atoms with E-state index in [1.807, 2.05) is 35.7 Å². The lowest BCUT2D eigenvalue weighted by Crippen LogP contribution is -2.38. The summed E-state index contributed by atoms with van der Waals surface area (Å²) in [5.41, 5.74) is 6.35. The topological polar surface area (TPSA) is 141 Å². The summed E-state index contributed by atoms with van der Waals surface area (Å²) in [6.45, 7) is 3.99. The van der Waals surface area contributed by atoms with Crippen LogP contribution in [-0.4, -0.2) is 89.8 Å². The molecule has 2 fully saturated rings. The maximum absolute atomic E-state index is 13.7. The summed E-state index contributed by atoms with van der Waals surface area (Å²) >= 11 is 13.9. The van der Waals surface area contributed by atoms with Gasteiger partial charge in [0.15, 0.2) is 11.6 Å². The Kier molecular flexibility index (Phi) is 10.4. The minimum absolute atomic E-state index is 0.244. The number of halogens is 2. The van der Waals surface area contributed by atoms with Crippen molar-refractivity contribution in [2.75, 3.05) is 43.4 Å². The van der Waals surface area contributed by atoms with Gasteiger partial charge in [0.25, 0.3) is 11.8 Å². The van der Waals surface area contributed by atoms with Crippen LogP contribution >= 0.6 is 23.2 Å². The molecule has 2 bridgehead atoms. The van der Waals surface area contributed by atoms with E-state index in [1.54, 1.807) is 28.8 Å². The SMILES string of the molecule is Cn1c(C(=O)Nc2cccc(-c3cccc(NC(=O)c4nc5c(n4C)CCN(C[C@H](O)CO)C5)c3Cl)c2Cl)nc2c1CCN(CCC13CCC(CC1)C3)C2. The van der Waals surface area contributed by atoms with Gasteiger partial charge in [-0.1, -0.05) is 47.5 Å². The number of carbonyl (C=O) groups is 2. The number of aromatic nitrogens is 4. The van der Waals surface area contributed by atoms with Crippen LogP contribution in [0.3, 0.4) is 0 Å². The maximum atomic E-state index is 13.7. The molecule has 8 rings (SSSR count). The summed E-state index contributed by atoms with van der Waals surface area (Å²) in [7, 11) is 3.72. The Hall–Kier alpha value is -3.78. The number of rotatable bonds is 11. The lowest BCUT2D eigenvalue weighted by atomic mass is 9.81. The summed E-state index contributed by atoms with van der Waals surface area (Å²) in [6, 6.07) is 10.7. The molecule has 2 aliphatic heterocycles. The fourth-order valence-electron chi connectivity index (χ4n) is 9.36. The molecule has 286 valence electrons. The van der Waals surface area contributed by atoms with Crippen LogP contribution in [0.25, 0.3) is 11.1 Å². The zero-order chi connectivity index (χ0) is 37.7. The van der Waals surface area contributed by atoms with Crippen LogP contribution in [0, 0.1) is 11.3 Å². The number of benzene rings is 2. The van der Waals surface area contributed by atoms with Crippen LogP contribution in [0.1, 0.15) is 82.5 Å². The van der Waals surface area contributed by atoms with E-state index in [9.17, 15) is 19.8 Å². The Morgan fingerprint density at radius 2 is 1.37 bits per heavy atom. The molecule has 0 saturated heterocycles. The lowest BCUT2D eigenvalue weighted by Gasteiger charge is -2.32. The quantitative estimate of drug-likeness (QED) is 0.153. The number of hydrogen-bond donors (Lipinski definition) is 4. The molecule has 2 aromatic heterocycles. The average Bonchev–Trinajstić information content (AvgIpc) is 3.94. The van der Waals surface area contributed by atoms with E-state index in [0.29, 0.717) is 69.8 Å². The smallest absolute Gasteiger partial charge is 0.291 e. The molecule has 0 radical (unpaired) electrons. The van der Waals surface area contributed by atoms with Gasteiger partial charge < -0.3 is 30.0 Å². The molecule has 0 spiro atoms. The molecule has 4 N–H and O–H groups in total. The molecular weight excluding hydrogens is 727 g/mol. The number of aliphatic hydroxyl groups excluding tert-OH is 2. The van der Waals surface area contributed by atoms with E-state index in [1.165, 1.54) is 38.5 Å². The number of nitrogens with one attached hydrogen (secondary N) is 2. The number of carbonyl (C=O) groups excluding carboxylic acids is 2. The third-order valence-electron chi connectivity index (χ3n) is 12.4. The van der Waals surface area contributed by atoms with Crippen molar-refractivity contribution in [1.29, 1.82) is 0 Å². The van der Waals surface area contributed by atoms with Crippen molar-refractivity contribution in [2.24, 2.45) is 25.4 Å². The van der Waals surface area contributed by atoms with E-state index in [2.05, 4.69) is 20.5 Å². The van der Waals surface area contributed by atoms with Gasteiger partial charge in [0.05, 0.1) is 45.5 Å². The first-order valence-electron chi connectivity index (χ1n) is 19.0. The summed E-state index contributed by atoms with van der Waals surface area (Å²) in [5, 5.41) is 25.7. The zero-order valence-electron chi connectivity index (χ0n) is 30.9. The average molecular weight is 776 g/mol. The highest BCUT2D eigenvalue weighted by molar-refractivity contribution is 6.40. The molecule has 2 aliphatic carbocycles. The van der Waals surface area contributed by atoms with Crippen LogP contribution in [0.4, 0.5) is 11.4 Å². The normalized spacial score (nSPS) is 21.6. The Bertz CT molecular complexity index is 2090. The van der Waals surface area contributed by atoms with Crippen molar-refractivity contribution < 1.29 is 19.8 Å². The third-order valence-corrected chi connectivity index (χ3v) is 13.2. The number of nitrogens with zero attached hydrogens (tertiary/aromatic N) is 6. The molecule has 54 heavy (non-hydrogen) atoms. The van der Waals surface area contributed by atoms with Crippen molar-refractivity contribution in [2.45, 2.75) is 70.6 Å². The number of fused-ring (bicyclic) bond motifs is 4. The van der Waals surface area contributed by atoms with Crippen molar-refractivity contribution >= 4 is 46.4 Å². The molecule has 0 unspecified atom stereocenters. The minimum Gasteiger partial charge on any atom is -0.394 e. The fourth-order valence-corrected chi connectivity index (χ4v) is 9.91. The Morgan fingerprint density at radius 3 is 1.87 bits per heavy atom. The number of imidazole rings is 2. The van der Waals surface area contributed by atoms with Gasteiger partial charge in [0.1, 0.15) is 0 Å². The summed E-state index contributed by atoms with van der Waals surface area (Å²) in [6.07, 6.45) is 8.95. The van der Waals surface area contributed by atoms with E-state index < -0.39 is 12.0 Å². The van der Waals surface area contributed by atoms with Gasteiger partial charge in [-0.2, -0.15) is 0 Å². The Labute approximate surface area is 325 Å². The van der Waals surface area contributed by atoms with Gasteiger partial charge >= 0.3 is 0 Å². The van der Waals surface area contributed by atoms with Gasteiger partial charge in [-0.05, 0) is 68.5 Å². The molecular formula is C40H48Cl2N8O4. The Balaban J connectivity index is 0.947. The molecule has 2 amide bonds. The maximum Gasteiger partial charge on any atom is 0.291 e. The monoisotopic (exact) mass is 774 g/mol. The first-order valence-corrected chi connectivity index (χ1v) is 19.8. The van der Waals surface area contributed by atoms with Gasteiger partial charge in [0.2, 0.25) is 0 Å². The predicted molar refractivity (Wildman–Crippen MR) is 209 cm³/mol. The second kappa shape index (κ2) is 15.0. The number of aliphatic hydroxyl groups is 2. The molecule has 4 aliphatic rings. The molecule has 2 aromatic carbocycles. The Morgan fingerprint density at radius 1 is 0.852 bits per heavy atom. The predicted octanol–water partition coefficient (Wildman–Crippen LogP) is 5.67. The number of amides is 2. The van der Waals surface area contributed by atoms with E-state index in [4.69, 9.17) is 28.2 Å². The fraction of sp³-hybridized carbons (Fsp3) is 0.500. The molecule has 4 aromatic rings. The summed E-state index contributed by atoms with van der Waals surface area (Å²) in [4.78, 5) is 41.2. The molecule has 14 heteroatoms. The van der Waals surface area contributed by atoms with E-state index in [-0.39, 0.29) is 18.3 Å². The number of anilines is 2. The van der Waals surface area contributed by atoms with E-state index >= 15 is 0 Å². The zero-order valence-corrected chi connectivity index (χ0v) is 32.4. The highest BCUT2D eigenvalue weighted by Gasteiger charge is 2.44. The van der Waals surface area contributed by atoms with Crippen LogP contribution in [0.5, 0.6) is 0 Å². The summed E-state index contributed by atoms with van der Waals surface area (Å²) < 4.78 is 3.70. The van der Waals surface area contributed by atoms with Crippen LogP contribution in [-0.2, 0) is 40.0 Å². The first kappa shape index (κ1) is 37.2. The van der Waals surface area contributed by atoms with Crippen LogP contribution in [0.2, 0.25) is 10.0 Å². The standard InChI is InChI=1S/C40H48Cl2N8O4/c1-47-32-11-16-49(18-15-40-13-9-24(19-40)10-14-40)21-30(32)43-36(47)38(53)45-28-7-3-5-26(34(28)41)27-6-4-8-29(35(27)42)46-39(54)37-44-31-22-50(20-25(52)23-51)17-12-33(31)48(37)2/h3-8,24-25,51-52H,9-23H2,1-2H3,(H,45,53)(H,46,54)/t24?,25-,40?/m0/s1. The largest absolute Gasteiger partial charge is 0.394 e. The van der Waals surface area contributed by atoms with Gasteiger partial charge in [-0.25, -0.2) is 9.97 Å². The highest BCUT2D eigenvalue weighted by atomic mass is 35.5. The van der Waals surface area contributed by atoms with Crippen molar-refractivity contribution in [1.82, 2.24) is 28.9 Å². The molecule has 12 nitrogen and oxygen atoms in total. The van der Waals surface area contributed by atoms with Crippen molar-refractivity contribution in [3.8, 4) is 11.1 Å². The number of hydrogen-bond acceptors (Lipinski definition) is 8. The van der Waals surface area contributed by atoms with Crippen molar-refractivity contribution in [3.05, 3.63) is 80.9 Å². The lowest BCUT2D eigenvalue weighted by molar-refractivity contribution is 0.0544. The van der Waals surface area contributed by atoms with Crippen LogP contribution < -0.4 is 10.6 Å². The number of β-amino-alcohol motifs (C(OH)–C–C–N with tert-alkyl or cyclic N) is 1. The van der Waals surface area contributed by atoms with E-state index in [0.717, 1.165) is 54.7 Å². The second-order valence-corrected chi connectivity index (χ2v) is 16.5.